The smallest absolute Gasteiger partial charge is 0.393 e. The highest BCUT2D eigenvalue weighted by Crippen LogP contribution is 2.36. The number of nitrogen functional groups attached to an aromatic ring is 1. The number of rotatable bonds is 5. The van der Waals surface area contributed by atoms with Gasteiger partial charge in [0, 0.05) is 6.54 Å². The van der Waals surface area contributed by atoms with E-state index in [0.29, 0.717) is 6.54 Å². The van der Waals surface area contributed by atoms with Gasteiger partial charge in [-0.25, -0.2) is 14.4 Å². The SMILES string of the molecule is Nc1c(NCc2ccc(F)cc2)ncnc1Nc1ccccc1C(F)(F)F. The van der Waals surface area contributed by atoms with E-state index in [0.717, 1.165) is 11.6 Å². The van der Waals surface area contributed by atoms with Gasteiger partial charge >= 0.3 is 6.18 Å². The van der Waals surface area contributed by atoms with Gasteiger partial charge in [-0.15, -0.1) is 0 Å². The summed E-state index contributed by atoms with van der Waals surface area (Å²) in [5.74, 6) is -0.0558. The Morgan fingerprint density at radius 2 is 1.59 bits per heavy atom. The number of benzene rings is 2. The molecule has 0 radical (unpaired) electrons. The number of nitrogens with one attached hydrogen (secondary N) is 2. The first-order chi connectivity index (χ1) is 12.8. The topological polar surface area (TPSA) is 75.9 Å². The molecule has 0 bridgehead atoms. The minimum atomic E-state index is -4.52. The third-order valence-electron chi connectivity index (χ3n) is 3.74. The molecule has 0 spiro atoms. The van der Waals surface area contributed by atoms with Gasteiger partial charge in [0.1, 0.15) is 17.8 Å². The van der Waals surface area contributed by atoms with Crippen molar-refractivity contribution in [3.63, 3.8) is 0 Å². The molecule has 4 N–H and O–H groups in total. The molecule has 0 aliphatic rings. The molecule has 0 saturated carbocycles. The fourth-order valence-electron chi connectivity index (χ4n) is 2.39. The molecule has 0 aliphatic heterocycles. The van der Waals surface area contributed by atoms with Crippen LogP contribution in [0.4, 0.5) is 40.6 Å². The first-order valence-electron chi connectivity index (χ1n) is 7.86. The van der Waals surface area contributed by atoms with E-state index in [4.69, 9.17) is 5.73 Å². The Morgan fingerprint density at radius 3 is 2.30 bits per heavy atom. The summed E-state index contributed by atoms with van der Waals surface area (Å²) in [6, 6.07) is 10.9. The summed E-state index contributed by atoms with van der Waals surface area (Å²) < 4.78 is 52.3. The van der Waals surface area contributed by atoms with E-state index in [1.54, 1.807) is 12.1 Å². The Labute approximate surface area is 152 Å². The molecule has 27 heavy (non-hydrogen) atoms. The van der Waals surface area contributed by atoms with Crippen molar-refractivity contribution in [3.8, 4) is 0 Å². The average Bonchev–Trinajstić information content (AvgIpc) is 2.63. The van der Waals surface area contributed by atoms with E-state index in [-0.39, 0.29) is 28.8 Å². The fraction of sp³-hybridized carbons (Fsp3) is 0.111. The maximum absolute atomic E-state index is 13.1. The van der Waals surface area contributed by atoms with E-state index in [2.05, 4.69) is 20.6 Å². The van der Waals surface area contributed by atoms with Crippen LogP contribution in [0.5, 0.6) is 0 Å². The maximum atomic E-state index is 13.1. The molecule has 0 atom stereocenters. The summed E-state index contributed by atoms with van der Waals surface area (Å²) in [4.78, 5) is 7.92. The van der Waals surface area contributed by atoms with Crippen LogP contribution in [0.15, 0.2) is 54.9 Å². The van der Waals surface area contributed by atoms with Crippen LogP contribution in [0.2, 0.25) is 0 Å². The van der Waals surface area contributed by atoms with E-state index in [1.165, 1.54) is 36.7 Å². The Kier molecular flexibility index (Phi) is 5.11. The third-order valence-corrected chi connectivity index (χ3v) is 3.74. The number of aromatic nitrogens is 2. The molecule has 2 aromatic carbocycles. The first kappa shape index (κ1) is 18.4. The van der Waals surface area contributed by atoms with Crippen molar-refractivity contribution in [2.45, 2.75) is 12.7 Å². The molecule has 0 aliphatic carbocycles. The van der Waals surface area contributed by atoms with Crippen LogP contribution in [0.1, 0.15) is 11.1 Å². The summed E-state index contributed by atoms with van der Waals surface area (Å²) in [5.41, 5.74) is 5.84. The Bertz CT molecular complexity index is 926. The van der Waals surface area contributed by atoms with Crippen molar-refractivity contribution in [1.29, 1.82) is 0 Å². The zero-order valence-corrected chi connectivity index (χ0v) is 13.9. The van der Waals surface area contributed by atoms with Gasteiger partial charge in [0.15, 0.2) is 11.6 Å². The highest BCUT2D eigenvalue weighted by molar-refractivity contribution is 5.78. The van der Waals surface area contributed by atoms with E-state index < -0.39 is 11.7 Å². The predicted molar refractivity (Wildman–Crippen MR) is 94.9 cm³/mol. The van der Waals surface area contributed by atoms with Crippen LogP contribution < -0.4 is 16.4 Å². The molecular weight excluding hydrogens is 362 g/mol. The molecule has 5 nitrogen and oxygen atoms in total. The average molecular weight is 377 g/mol. The molecule has 0 amide bonds. The Hall–Kier alpha value is -3.36. The van der Waals surface area contributed by atoms with E-state index >= 15 is 0 Å². The van der Waals surface area contributed by atoms with Crippen LogP contribution in [0, 0.1) is 5.82 Å². The van der Waals surface area contributed by atoms with Crippen LogP contribution in [-0.4, -0.2) is 9.97 Å². The van der Waals surface area contributed by atoms with Gasteiger partial charge in [-0.2, -0.15) is 13.2 Å². The summed E-state index contributed by atoms with van der Waals surface area (Å²) in [6.45, 7) is 0.306. The van der Waals surface area contributed by atoms with Gasteiger partial charge in [-0.1, -0.05) is 24.3 Å². The van der Waals surface area contributed by atoms with Gasteiger partial charge in [0.25, 0.3) is 0 Å². The molecule has 3 aromatic rings. The zero-order chi connectivity index (χ0) is 19.4. The summed E-state index contributed by atoms with van der Waals surface area (Å²) in [5, 5.41) is 5.57. The number of para-hydroxylation sites is 1. The lowest BCUT2D eigenvalue weighted by Gasteiger charge is -2.16. The fourth-order valence-corrected chi connectivity index (χ4v) is 2.39. The number of hydrogen-bond acceptors (Lipinski definition) is 5. The first-order valence-corrected chi connectivity index (χ1v) is 7.86. The maximum Gasteiger partial charge on any atom is 0.418 e. The number of anilines is 4. The van der Waals surface area contributed by atoms with Gasteiger partial charge in [-0.3, -0.25) is 0 Å². The summed E-state index contributed by atoms with van der Waals surface area (Å²) in [6.07, 6.45) is -3.34. The van der Waals surface area contributed by atoms with Gasteiger partial charge in [0.2, 0.25) is 0 Å². The molecule has 0 fully saturated rings. The highest BCUT2D eigenvalue weighted by Gasteiger charge is 2.33. The Balaban J connectivity index is 1.80. The van der Waals surface area contributed by atoms with Crippen molar-refractivity contribution in [2.75, 3.05) is 16.4 Å². The van der Waals surface area contributed by atoms with Crippen molar-refractivity contribution >= 4 is 23.0 Å². The predicted octanol–water partition coefficient (Wildman–Crippen LogP) is 4.57. The highest BCUT2D eigenvalue weighted by atomic mass is 19.4. The molecular formula is C18H15F4N5. The molecule has 3 rings (SSSR count). The quantitative estimate of drug-likeness (QED) is 0.568. The second-order valence-electron chi connectivity index (χ2n) is 5.63. The molecule has 0 unspecified atom stereocenters. The van der Waals surface area contributed by atoms with Crippen LogP contribution in [-0.2, 0) is 12.7 Å². The molecule has 140 valence electrons. The summed E-state index contributed by atoms with van der Waals surface area (Å²) >= 11 is 0. The third kappa shape index (κ3) is 4.43. The monoisotopic (exact) mass is 377 g/mol. The van der Waals surface area contributed by atoms with Crippen LogP contribution in [0.3, 0.4) is 0 Å². The summed E-state index contributed by atoms with van der Waals surface area (Å²) in [7, 11) is 0. The van der Waals surface area contributed by atoms with E-state index in [1.807, 2.05) is 0 Å². The van der Waals surface area contributed by atoms with Crippen LogP contribution in [0.25, 0.3) is 0 Å². The lowest BCUT2D eigenvalue weighted by molar-refractivity contribution is -0.136. The second-order valence-corrected chi connectivity index (χ2v) is 5.63. The number of alkyl halides is 3. The van der Waals surface area contributed by atoms with Gasteiger partial charge < -0.3 is 16.4 Å². The van der Waals surface area contributed by atoms with Gasteiger partial charge in [-0.05, 0) is 29.8 Å². The normalized spacial score (nSPS) is 11.3. The minimum absolute atomic E-state index is 0.0447. The molecule has 9 heteroatoms. The van der Waals surface area contributed by atoms with E-state index in [9.17, 15) is 17.6 Å². The van der Waals surface area contributed by atoms with Crippen molar-refractivity contribution in [1.82, 2.24) is 9.97 Å². The van der Waals surface area contributed by atoms with Crippen molar-refractivity contribution < 1.29 is 17.6 Å². The number of hydrogen-bond donors (Lipinski definition) is 3. The molecule has 1 aromatic heterocycles. The Morgan fingerprint density at radius 1 is 0.926 bits per heavy atom. The molecule has 1 heterocycles. The van der Waals surface area contributed by atoms with Gasteiger partial charge in [0.05, 0.1) is 11.3 Å². The largest absolute Gasteiger partial charge is 0.418 e. The lowest BCUT2D eigenvalue weighted by atomic mass is 10.1. The zero-order valence-electron chi connectivity index (χ0n) is 13.9. The van der Waals surface area contributed by atoms with Crippen molar-refractivity contribution in [3.05, 3.63) is 71.8 Å². The lowest BCUT2D eigenvalue weighted by Crippen LogP contribution is -2.11. The second kappa shape index (κ2) is 7.48. The number of nitrogens with zero attached hydrogens (tertiary/aromatic N) is 2. The molecule has 0 saturated heterocycles. The standard InChI is InChI=1S/C18H15F4N5/c19-12-7-5-11(6-8-12)9-24-16-15(23)17(26-10-25-16)27-14-4-2-1-3-13(14)18(20,21)22/h1-8,10H,9,23H2,(H2,24,25,26,27). The number of nitrogens with two attached hydrogens (primary N) is 1. The number of halogens is 4. The van der Waals surface area contributed by atoms with Crippen LogP contribution >= 0.6 is 0 Å². The van der Waals surface area contributed by atoms with Crippen molar-refractivity contribution in [2.24, 2.45) is 0 Å². The minimum Gasteiger partial charge on any atom is -0.393 e.